The topological polar surface area (TPSA) is 130 Å². The number of pyridine rings is 1. The molecule has 0 saturated carbocycles. The molecular formula is C39H33F3N6O4. The SMILES string of the molecule is Nc1ncnc2c1c(-c1ccc(Oc3cccc(COc4ccccc4C(F)(F)F)c3)cc1)nn2C1CCOCC1.Oc1cccc2cccnc12. The highest BCUT2D eigenvalue weighted by atomic mass is 19.4. The second-order valence-corrected chi connectivity index (χ2v) is 12.0. The smallest absolute Gasteiger partial charge is 0.419 e. The highest BCUT2D eigenvalue weighted by molar-refractivity contribution is 5.98. The lowest BCUT2D eigenvalue weighted by molar-refractivity contribution is -0.139. The Morgan fingerprint density at radius 2 is 1.62 bits per heavy atom. The van der Waals surface area contributed by atoms with Gasteiger partial charge < -0.3 is 25.1 Å². The summed E-state index contributed by atoms with van der Waals surface area (Å²) in [6.45, 7) is 1.29. The van der Waals surface area contributed by atoms with E-state index in [4.69, 9.17) is 25.0 Å². The number of para-hydroxylation sites is 2. The number of nitrogens with zero attached hydrogens (tertiary/aromatic N) is 5. The van der Waals surface area contributed by atoms with Gasteiger partial charge in [-0.1, -0.05) is 42.5 Å². The van der Waals surface area contributed by atoms with Crippen LogP contribution in [0, 0.1) is 0 Å². The summed E-state index contributed by atoms with van der Waals surface area (Å²) in [6, 6.07) is 28.9. The molecule has 4 heterocycles. The number of phenols is 1. The zero-order valence-corrected chi connectivity index (χ0v) is 27.7. The molecule has 1 aliphatic rings. The van der Waals surface area contributed by atoms with Crippen molar-refractivity contribution in [3.8, 4) is 34.3 Å². The monoisotopic (exact) mass is 706 g/mol. The van der Waals surface area contributed by atoms with Crippen molar-refractivity contribution < 1.29 is 32.5 Å². The number of rotatable bonds is 7. The molecule has 0 radical (unpaired) electrons. The molecule has 13 heteroatoms. The van der Waals surface area contributed by atoms with Crippen LogP contribution in [0.25, 0.3) is 33.2 Å². The van der Waals surface area contributed by atoms with Crippen molar-refractivity contribution in [1.82, 2.24) is 24.7 Å². The van der Waals surface area contributed by atoms with E-state index in [1.807, 2.05) is 47.1 Å². The first-order valence-electron chi connectivity index (χ1n) is 16.5. The minimum Gasteiger partial charge on any atom is -0.506 e. The van der Waals surface area contributed by atoms with Crippen molar-refractivity contribution in [3.05, 3.63) is 127 Å². The summed E-state index contributed by atoms with van der Waals surface area (Å²) in [5.41, 5.74) is 8.98. The number of benzene rings is 4. The Labute approximate surface area is 296 Å². The zero-order valence-electron chi connectivity index (χ0n) is 27.7. The molecular weight excluding hydrogens is 673 g/mol. The maximum Gasteiger partial charge on any atom is 0.419 e. The molecule has 7 aromatic rings. The van der Waals surface area contributed by atoms with Crippen molar-refractivity contribution in [2.45, 2.75) is 31.7 Å². The molecule has 3 N–H and O–H groups in total. The van der Waals surface area contributed by atoms with Gasteiger partial charge in [0, 0.05) is 30.4 Å². The van der Waals surface area contributed by atoms with Crippen LogP contribution < -0.4 is 15.2 Å². The van der Waals surface area contributed by atoms with Gasteiger partial charge in [0.2, 0.25) is 0 Å². The first kappa shape index (κ1) is 34.2. The molecule has 10 nitrogen and oxygen atoms in total. The minimum absolute atomic E-state index is 0.0461. The summed E-state index contributed by atoms with van der Waals surface area (Å²) in [5, 5.41) is 15.9. The molecule has 8 rings (SSSR count). The Kier molecular flexibility index (Phi) is 9.85. The van der Waals surface area contributed by atoms with Crippen LogP contribution in [0.15, 0.2) is 116 Å². The van der Waals surface area contributed by atoms with Crippen molar-refractivity contribution >= 4 is 27.8 Å². The van der Waals surface area contributed by atoms with Crippen LogP contribution in [-0.2, 0) is 17.5 Å². The summed E-state index contributed by atoms with van der Waals surface area (Å²) >= 11 is 0. The maximum absolute atomic E-state index is 13.3. The summed E-state index contributed by atoms with van der Waals surface area (Å²) in [6.07, 6.45) is 0.297. The molecule has 0 spiro atoms. The lowest BCUT2D eigenvalue weighted by atomic mass is 10.1. The van der Waals surface area contributed by atoms with E-state index in [0.29, 0.717) is 58.3 Å². The molecule has 3 aromatic heterocycles. The number of nitrogen functional groups attached to an aromatic ring is 1. The number of phenolic OH excluding ortho intramolecular Hbond substituents is 1. The molecule has 1 saturated heterocycles. The van der Waals surface area contributed by atoms with E-state index in [2.05, 4.69) is 15.0 Å². The van der Waals surface area contributed by atoms with Gasteiger partial charge in [-0.15, -0.1) is 0 Å². The zero-order chi connectivity index (χ0) is 36.1. The number of fused-ring (bicyclic) bond motifs is 2. The number of hydrogen-bond acceptors (Lipinski definition) is 9. The third kappa shape index (κ3) is 7.59. The van der Waals surface area contributed by atoms with Crippen LogP contribution in [0.3, 0.4) is 0 Å². The Bertz CT molecular complexity index is 2300. The fourth-order valence-corrected chi connectivity index (χ4v) is 5.97. The number of ether oxygens (including phenoxy) is 3. The summed E-state index contributed by atoms with van der Waals surface area (Å²) in [7, 11) is 0. The second kappa shape index (κ2) is 15.0. The average molecular weight is 707 g/mol. The normalized spacial score (nSPS) is 13.4. The molecule has 0 unspecified atom stereocenters. The van der Waals surface area contributed by atoms with Crippen molar-refractivity contribution in [3.63, 3.8) is 0 Å². The third-order valence-electron chi connectivity index (χ3n) is 8.51. The van der Waals surface area contributed by atoms with E-state index in [-0.39, 0.29) is 24.1 Å². The second-order valence-electron chi connectivity index (χ2n) is 12.0. The molecule has 0 bridgehead atoms. The predicted molar refractivity (Wildman–Crippen MR) is 190 cm³/mol. The number of halogens is 3. The summed E-state index contributed by atoms with van der Waals surface area (Å²) in [4.78, 5) is 12.7. The number of anilines is 1. The fraction of sp³-hybridized carbons (Fsp3) is 0.179. The lowest BCUT2D eigenvalue weighted by Crippen LogP contribution is -2.20. The standard InChI is InChI=1S/C30H26F3N5O3.C9H7NO/c31-30(32,33)24-6-1-2-7-25(24)40-17-19-4-3-5-23(16-19)41-22-10-8-20(9-11-22)27-26-28(34)35-18-36-29(26)38(37-27)21-12-14-39-15-13-21;11-8-5-1-3-7-4-2-6-10-9(7)8/h1-11,16,18,21H,12-15,17H2,(H2,34,35,36);1-6,11H. The minimum atomic E-state index is -4.50. The van der Waals surface area contributed by atoms with Crippen LogP contribution >= 0.6 is 0 Å². The van der Waals surface area contributed by atoms with Gasteiger partial charge in [-0.25, -0.2) is 14.6 Å². The molecule has 4 aromatic carbocycles. The Morgan fingerprint density at radius 1 is 0.846 bits per heavy atom. The number of aromatic nitrogens is 5. The van der Waals surface area contributed by atoms with Gasteiger partial charge in [-0.3, -0.25) is 4.98 Å². The van der Waals surface area contributed by atoms with Crippen LogP contribution in [0.1, 0.15) is 30.0 Å². The van der Waals surface area contributed by atoms with E-state index in [1.165, 1.54) is 24.5 Å². The van der Waals surface area contributed by atoms with Crippen molar-refractivity contribution in [1.29, 1.82) is 0 Å². The Balaban J connectivity index is 0.000000324. The van der Waals surface area contributed by atoms with Gasteiger partial charge in [0.1, 0.15) is 53.0 Å². The van der Waals surface area contributed by atoms with Crippen LogP contribution in [0.2, 0.25) is 0 Å². The van der Waals surface area contributed by atoms with E-state index >= 15 is 0 Å². The van der Waals surface area contributed by atoms with Gasteiger partial charge in [-0.05, 0) is 79.1 Å². The largest absolute Gasteiger partial charge is 0.506 e. The number of aromatic hydroxyl groups is 1. The first-order valence-corrected chi connectivity index (χ1v) is 16.5. The lowest BCUT2D eigenvalue weighted by Gasteiger charge is -2.22. The van der Waals surface area contributed by atoms with Crippen LogP contribution in [-0.4, -0.2) is 43.1 Å². The van der Waals surface area contributed by atoms with E-state index < -0.39 is 11.7 Å². The van der Waals surface area contributed by atoms with Gasteiger partial charge in [-0.2, -0.15) is 18.3 Å². The average Bonchev–Trinajstić information content (AvgIpc) is 3.56. The van der Waals surface area contributed by atoms with Gasteiger partial charge in [0.05, 0.1) is 17.0 Å². The summed E-state index contributed by atoms with van der Waals surface area (Å²) < 4.78 is 58.8. The molecule has 52 heavy (non-hydrogen) atoms. The third-order valence-corrected chi connectivity index (χ3v) is 8.51. The predicted octanol–water partition coefficient (Wildman–Crippen LogP) is 8.76. The van der Waals surface area contributed by atoms with Crippen molar-refractivity contribution in [2.75, 3.05) is 18.9 Å². The molecule has 0 atom stereocenters. The molecule has 1 fully saturated rings. The van der Waals surface area contributed by atoms with E-state index in [9.17, 15) is 18.3 Å². The number of nitrogens with two attached hydrogens (primary N) is 1. The highest BCUT2D eigenvalue weighted by Crippen LogP contribution is 2.37. The van der Waals surface area contributed by atoms with E-state index in [0.717, 1.165) is 29.9 Å². The van der Waals surface area contributed by atoms with Gasteiger partial charge >= 0.3 is 6.18 Å². The molecule has 1 aliphatic heterocycles. The van der Waals surface area contributed by atoms with Crippen LogP contribution in [0.4, 0.5) is 19.0 Å². The van der Waals surface area contributed by atoms with Gasteiger partial charge in [0.25, 0.3) is 0 Å². The first-order chi connectivity index (χ1) is 25.2. The summed E-state index contributed by atoms with van der Waals surface area (Å²) in [5.74, 6) is 1.48. The number of hydrogen-bond donors (Lipinski definition) is 2. The van der Waals surface area contributed by atoms with E-state index in [1.54, 1.807) is 42.6 Å². The quantitative estimate of drug-likeness (QED) is 0.167. The molecule has 0 amide bonds. The van der Waals surface area contributed by atoms with Gasteiger partial charge in [0.15, 0.2) is 5.65 Å². The molecule has 264 valence electrons. The van der Waals surface area contributed by atoms with Crippen LogP contribution in [0.5, 0.6) is 23.0 Å². The fourth-order valence-electron chi connectivity index (χ4n) is 5.97. The maximum atomic E-state index is 13.3. The number of alkyl halides is 3. The Hall–Kier alpha value is -6.21. The molecule has 0 aliphatic carbocycles. The Morgan fingerprint density at radius 3 is 2.40 bits per heavy atom. The highest BCUT2D eigenvalue weighted by Gasteiger charge is 2.34. The van der Waals surface area contributed by atoms with Crippen molar-refractivity contribution in [2.24, 2.45) is 0 Å².